The van der Waals surface area contributed by atoms with Gasteiger partial charge >= 0.3 is 0 Å². The summed E-state index contributed by atoms with van der Waals surface area (Å²) in [6.45, 7) is 0. The number of hydrogen-bond acceptors (Lipinski definition) is 11. The second-order valence-corrected chi connectivity index (χ2v) is 35.9. The minimum absolute atomic E-state index is 0.618. The van der Waals surface area contributed by atoms with Gasteiger partial charge in [-0.05, 0) is 249 Å². The van der Waals surface area contributed by atoms with Crippen molar-refractivity contribution in [3.63, 3.8) is 0 Å². The van der Waals surface area contributed by atoms with Crippen LogP contribution in [-0.2, 0) is 0 Å². The summed E-state index contributed by atoms with van der Waals surface area (Å²) in [5.41, 5.74) is 21.5. The molecule has 0 aliphatic rings. The van der Waals surface area contributed by atoms with E-state index in [-0.39, 0.29) is 0 Å². The minimum Gasteiger partial charge on any atom is -0.265 e. The molecule has 0 aliphatic carbocycles. The molecule has 11 nitrogen and oxygen atoms in total. The number of pyridine rings is 2. The lowest BCUT2D eigenvalue weighted by molar-refractivity contribution is 1.07. The first-order valence-corrected chi connectivity index (χ1v) is 48.3. The molecular formula is C133H85N11. The molecule has 27 rings (SSSR count). The molecule has 0 amide bonds. The summed E-state index contributed by atoms with van der Waals surface area (Å²) in [6.07, 6.45) is 7.37. The highest BCUT2D eigenvalue weighted by atomic mass is 15.1. The summed E-state index contributed by atoms with van der Waals surface area (Å²) in [5.74, 6) is 5.72. The quantitative estimate of drug-likeness (QED) is 0.0906. The van der Waals surface area contributed by atoms with Crippen molar-refractivity contribution in [2.75, 3.05) is 0 Å². The maximum atomic E-state index is 5.07. The molecule has 0 spiro atoms. The van der Waals surface area contributed by atoms with E-state index < -0.39 is 0 Å². The van der Waals surface area contributed by atoms with Crippen molar-refractivity contribution >= 4 is 97.0 Å². The second kappa shape index (κ2) is 38.1. The molecule has 0 bridgehead atoms. The Balaban J connectivity index is 0.000000113. The zero-order chi connectivity index (χ0) is 95.6. The Morgan fingerprint density at radius 2 is 0.264 bits per heavy atom. The number of nitrogens with zero attached hydrogens (tertiary/aromatic N) is 11. The summed E-state index contributed by atoms with van der Waals surface area (Å²) in [7, 11) is 0. The molecule has 27 aromatic rings. The molecule has 22 aromatic carbocycles. The Labute approximate surface area is 831 Å². The van der Waals surface area contributed by atoms with Gasteiger partial charge in [0.25, 0.3) is 0 Å². The van der Waals surface area contributed by atoms with Crippen LogP contribution < -0.4 is 0 Å². The van der Waals surface area contributed by atoms with Crippen molar-refractivity contribution < 1.29 is 0 Å². The number of fused-ring (bicyclic) bond motifs is 18. The lowest BCUT2D eigenvalue weighted by Gasteiger charge is -2.14. The van der Waals surface area contributed by atoms with Crippen LogP contribution in [0.25, 0.3) is 266 Å². The average molecular weight is 1840 g/mol. The van der Waals surface area contributed by atoms with Gasteiger partial charge in [0.05, 0.1) is 0 Å². The van der Waals surface area contributed by atoms with E-state index in [4.69, 9.17) is 44.9 Å². The number of benzene rings is 22. The van der Waals surface area contributed by atoms with Crippen LogP contribution in [0, 0.1) is 0 Å². The van der Waals surface area contributed by atoms with Crippen LogP contribution in [0.1, 0.15) is 0 Å². The molecule has 0 saturated carbocycles. The highest BCUT2D eigenvalue weighted by Crippen LogP contribution is 2.46. The third kappa shape index (κ3) is 17.1. The monoisotopic (exact) mass is 1840 g/mol. The SMILES string of the molecule is c1ccc(-c2cc(-c3ccc4c5ccccc5c5ccccc5c4c3)cc(-c3nc(-c4ccccc4)nc(-c4ccccc4)n3)c2)cc1.c1ccc(-c2nc(-c3ccccc3)nc(-c3cc(-c4cccnc4)cc(-c4ccc5c6ccccc6c6ccccc6c5c4)c3)n2)cc1.c1ccc(-c2nc(-c3ccccc3)nc(-c3cc(-c4ccncc4)cc(-c4ccc5c6ccccc6c6ccccc6c5c4)c3)n2)cc1. The molecule has 0 fully saturated rings. The summed E-state index contributed by atoms with van der Waals surface area (Å²) < 4.78 is 0. The third-order valence-electron chi connectivity index (χ3n) is 27.0. The summed E-state index contributed by atoms with van der Waals surface area (Å²) in [4.78, 5) is 53.8. The van der Waals surface area contributed by atoms with E-state index in [0.29, 0.717) is 52.4 Å². The van der Waals surface area contributed by atoms with E-state index in [1.807, 2.05) is 219 Å². The standard InChI is InChI=1S/C45H29N3.2C44H28N4/c1-4-14-30(15-5-1)34-26-35(33-24-25-41-39-22-11-10-20-37(39)38-21-12-13-23-40(38)42(41)29-33)28-36(27-34)45-47-43(31-16-6-2-7-17-31)46-44(48-45)32-18-8-3-9-19-32;1-3-12-29(13-4-1)42-46-43(30-14-5-2-6-15-30)48-44(47-42)35-25-33(24-34(26-35)32-16-11-23-45-28-32)31-21-22-40-38-19-8-7-17-36(38)37-18-9-10-20-39(37)41(40)27-31;1-3-11-30(12-4-1)42-46-43(31-13-5-2-6-14-31)48-44(47-42)35-26-33(29-21-23-45-24-22-29)25-34(27-35)32-19-20-40-38-17-8-7-15-36(38)37-16-9-10-18-39(37)41(40)28-32/h1-29H;2*1-28H. The zero-order valence-electron chi connectivity index (χ0n) is 78.0. The van der Waals surface area contributed by atoms with Crippen molar-refractivity contribution in [3.05, 3.63) is 516 Å². The molecule has 0 saturated heterocycles. The van der Waals surface area contributed by atoms with Crippen LogP contribution in [0.15, 0.2) is 516 Å². The van der Waals surface area contributed by atoms with Crippen LogP contribution in [0.5, 0.6) is 0 Å². The van der Waals surface area contributed by atoms with E-state index in [9.17, 15) is 0 Å². The Morgan fingerprint density at radius 1 is 0.0903 bits per heavy atom. The van der Waals surface area contributed by atoms with E-state index in [2.05, 4.69) is 301 Å². The second-order valence-electron chi connectivity index (χ2n) is 35.9. The predicted octanol–water partition coefficient (Wildman–Crippen LogP) is 33.8. The lowest BCUT2D eigenvalue weighted by atomic mass is 9.90. The fourth-order valence-corrected chi connectivity index (χ4v) is 20.1. The van der Waals surface area contributed by atoms with Gasteiger partial charge in [-0.1, -0.05) is 400 Å². The molecule has 0 N–H and O–H groups in total. The van der Waals surface area contributed by atoms with Crippen molar-refractivity contribution in [2.45, 2.75) is 0 Å². The van der Waals surface area contributed by atoms with Crippen LogP contribution in [0.2, 0.25) is 0 Å². The van der Waals surface area contributed by atoms with Crippen LogP contribution in [0.3, 0.4) is 0 Å². The number of aromatic nitrogens is 11. The molecular weight excluding hydrogens is 1750 g/mol. The molecule has 672 valence electrons. The highest BCUT2D eigenvalue weighted by Gasteiger charge is 2.23. The molecule has 144 heavy (non-hydrogen) atoms. The van der Waals surface area contributed by atoms with Crippen LogP contribution >= 0.6 is 0 Å². The molecule has 5 heterocycles. The summed E-state index contributed by atoms with van der Waals surface area (Å²) in [6, 6.07) is 172. The molecule has 11 heteroatoms. The molecule has 0 unspecified atom stereocenters. The largest absolute Gasteiger partial charge is 0.265 e. The summed E-state index contributed by atoms with van der Waals surface area (Å²) >= 11 is 0. The van der Waals surface area contributed by atoms with Crippen LogP contribution in [-0.4, -0.2) is 54.8 Å². The first-order chi connectivity index (χ1) is 71.3. The number of hydrogen-bond donors (Lipinski definition) is 0. The van der Waals surface area contributed by atoms with Gasteiger partial charge in [-0.25, -0.2) is 44.9 Å². The van der Waals surface area contributed by atoms with Crippen molar-refractivity contribution in [2.24, 2.45) is 0 Å². The maximum absolute atomic E-state index is 5.07. The highest BCUT2D eigenvalue weighted by molar-refractivity contribution is 6.28. The van der Waals surface area contributed by atoms with Crippen molar-refractivity contribution in [1.82, 2.24) is 54.8 Å². The summed E-state index contributed by atoms with van der Waals surface area (Å²) in [5, 5.41) is 22.6. The zero-order valence-corrected chi connectivity index (χ0v) is 78.0. The number of rotatable bonds is 15. The van der Waals surface area contributed by atoms with Gasteiger partial charge in [-0.2, -0.15) is 0 Å². The third-order valence-corrected chi connectivity index (χ3v) is 27.0. The van der Waals surface area contributed by atoms with E-state index >= 15 is 0 Å². The van der Waals surface area contributed by atoms with E-state index in [0.717, 1.165) is 117 Å². The minimum atomic E-state index is 0.618. The fourth-order valence-electron chi connectivity index (χ4n) is 20.1. The fraction of sp³-hybridized carbons (Fsp3) is 0. The van der Waals surface area contributed by atoms with Gasteiger partial charge in [0.15, 0.2) is 52.4 Å². The molecule has 5 aromatic heterocycles. The Morgan fingerprint density at radius 3 is 0.493 bits per heavy atom. The molecule has 0 atom stereocenters. The van der Waals surface area contributed by atoms with Crippen molar-refractivity contribution in [3.8, 4) is 169 Å². The van der Waals surface area contributed by atoms with Gasteiger partial charge in [-0.15, -0.1) is 0 Å². The van der Waals surface area contributed by atoms with Gasteiger partial charge in [0.1, 0.15) is 0 Å². The first-order valence-electron chi connectivity index (χ1n) is 48.3. The van der Waals surface area contributed by atoms with Gasteiger partial charge < -0.3 is 0 Å². The molecule has 0 radical (unpaired) electrons. The average Bonchev–Trinajstić information content (AvgIpc) is 0.745. The Bertz CT molecular complexity index is 8390. The van der Waals surface area contributed by atoms with Crippen LogP contribution in [0.4, 0.5) is 0 Å². The van der Waals surface area contributed by atoms with Gasteiger partial charge in [0, 0.05) is 80.4 Å². The van der Waals surface area contributed by atoms with Gasteiger partial charge in [-0.3, -0.25) is 9.97 Å². The van der Waals surface area contributed by atoms with Crippen molar-refractivity contribution in [1.29, 1.82) is 0 Å². The Kier molecular flexibility index (Phi) is 22.8. The predicted molar refractivity (Wildman–Crippen MR) is 594 cm³/mol. The lowest BCUT2D eigenvalue weighted by Crippen LogP contribution is -2.00. The smallest absolute Gasteiger partial charge is 0.164 e. The van der Waals surface area contributed by atoms with Gasteiger partial charge in [0.2, 0.25) is 0 Å². The maximum Gasteiger partial charge on any atom is 0.164 e. The molecule has 0 aliphatic heterocycles. The van der Waals surface area contributed by atoms with E-state index in [1.165, 1.54) is 97.0 Å². The van der Waals surface area contributed by atoms with E-state index in [1.54, 1.807) is 6.20 Å². The normalized spacial score (nSPS) is 11.3. The topological polar surface area (TPSA) is 142 Å². The first kappa shape index (κ1) is 86.1. The Hall–Kier alpha value is -19.5.